The molecule has 0 bridgehead atoms. The van der Waals surface area contributed by atoms with Gasteiger partial charge in [0.2, 0.25) is 0 Å². The van der Waals surface area contributed by atoms with Gasteiger partial charge in [-0.15, -0.1) is 0 Å². The van der Waals surface area contributed by atoms with Crippen molar-refractivity contribution in [1.29, 1.82) is 0 Å². The van der Waals surface area contributed by atoms with Crippen molar-refractivity contribution in [1.82, 2.24) is 4.98 Å². The van der Waals surface area contributed by atoms with Gasteiger partial charge in [0, 0.05) is 23.3 Å². The normalized spacial score (nSPS) is 14.7. The highest BCUT2D eigenvalue weighted by Crippen LogP contribution is 2.23. The lowest BCUT2D eigenvalue weighted by atomic mass is 10.2. The Hall–Kier alpha value is -0.170. The molecule has 4 nitrogen and oxygen atoms in total. The monoisotopic (exact) mass is 337 g/mol. The minimum absolute atomic E-state index is 0.303. The van der Waals surface area contributed by atoms with Crippen LogP contribution in [0.5, 0.6) is 0 Å². The SMILES string of the molecule is CC(O)C(N)CNc1ncc(Br)cc1Br. The fraction of sp³-hybridized carbons (Fsp3) is 0.444. The lowest BCUT2D eigenvalue weighted by Gasteiger charge is -2.16. The van der Waals surface area contributed by atoms with E-state index in [1.54, 1.807) is 13.1 Å². The summed E-state index contributed by atoms with van der Waals surface area (Å²) >= 11 is 6.69. The Balaban J connectivity index is 2.58. The van der Waals surface area contributed by atoms with Crippen molar-refractivity contribution in [2.75, 3.05) is 11.9 Å². The van der Waals surface area contributed by atoms with E-state index >= 15 is 0 Å². The van der Waals surface area contributed by atoms with Gasteiger partial charge in [0.05, 0.1) is 10.6 Å². The molecule has 4 N–H and O–H groups in total. The first-order valence-corrected chi connectivity index (χ1v) is 6.08. The molecule has 6 heteroatoms. The molecule has 0 radical (unpaired) electrons. The van der Waals surface area contributed by atoms with Crippen molar-refractivity contribution >= 4 is 37.7 Å². The van der Waals surface area contributed by atoms with E-state index in [0.29, 0.717) is 12.4 Å². The molecule has 2 unspecified atom stereocenters. The summed E-state index contributed by atoms with van der Waals surface area (Å²) in [5, 5.41) is 12.3. The van der Waals surface area contributed by atoms with Crippen molar-refractivity contribution in [2.45, 2.75) is 19.1 Å². The molecule has 0 spiro atoms. The van der Waals surface area contributed by atoms with Gasteiger partial charge in [0.15, 0.2) is 0 Å². The van der Waals surface area contributed by atoms with Gasteiger partial charge in [-0.05, 0) is 44.8 Å². The predicted molar refractivity (Wildman–Crippen MR) is 67.8 cm³/mol. The molecule has 1 heterocycles. The van der Waals surface area contributed by atoms with E-state index in [1.807, 2.05) is 6.07 Å². The Kier molecular flexibility index (Phi) is 4.98. The van der Waals surface area contributed by atoms with Crippen LogP contribution in [0.1, 0.15) is 6.92 Å². The molecule has 0 fully saturated rings. The molecule has 0 aliphatic heterocycles. The highest BCUT2D eigenvalue weighted by molar-refractivity contribution is 9.11. The van der Waals surface area contributed by atoms with E-state index in [1.165, 1.54) is 0 Å². The zero-order valence-corrected chi connectivity index (χ0v) is 11.4. The summed E-state index contributed by atoms with van der Waals surface area (Å²) in [6.07, 6.45) is 1.16. The number of rotatable bonds is 4. The summed E-state index contributed by atoms with van der Waals surface area (Å²) in [7, 11) is 0. The molecule has 0 saturated carbocycles. The number of anilines is 1. The Labute approximate surface area is 106 Å². The van der Waals surface area contributed by atoms with Gasteiger partial charge in [-0.2, -0.15) is 0 Å². The van der Waals surface area contributed by atoms with Crippen LogP contribution >= 0.6 is 31.9 Å². The molecular formula is C9H13Br2N3O. The number of nitrogens with one attached hydrogen (secondary N) is 1. The van der Waals surface area contributed by atoms with Crippen molar-refractivity contribution in [2.24, 2.45) is 5.73 Å². The number of nitrogens with two attached hydrogens (primary N) is 1. The van der Waals surface area contributed by atoms with Crippen LogP contribution < -0.4 is 11.1 Å². The Bertz CT molecular complexity index is 333. The van der Waals surface area contributed by atoms with Gasteiger partial charge in [-0.25, -0.2) is 4.98 Å². The summed E-state index contributed by atoms with van der Waals surface area (Å²) < 4.78 is 1.76. The minimum atomic E-state index is -0.535. The van der Waals surface area contributed by atoms with E-state index in [9.17, 15) is 5.11 Å². The van der Waals surface area contributed by atoms with E-state index in [2.05, 4.69) is 42.2 Å². The number of pyridine rings is 1. The second-order valence-corrected chi connectivity index (χ2v) is 5.04. The molecule has 1 aromatic rings. The fourth-order valence-electron chi connectivity index (χ4n) is 0.930. The van der Waals surface area contributed by atoms with E-state index < -0.39 is 6.10 Å². The summed E-state index contributed by atoms with van der Waals surface area (Å²) in [6, 6.07) is 1.59. The van der Waals surface area contributed by atoms with Crippen LogP contribution in [0.4, 0.5) is 5.82 Å². The van der Waals surface area contributed by atoms with Gasteiger partial charge in [-0.3, -0.25) is 0 Å². The van der Waals surface area contributed by atoms with Gasteiger partial charge in [0.25, 0.3) is 0 Å². The molecule has 0 aliphatic rings. The summed E-state index contributed by atoms with van der Waals surface area (Å²) in [4.78, 5) is 4.17. The van der Waals surface area contributed by atoms with Gasteiger partial charge in [0.1, 0.15) is 5.82 Å². The van der Waals surface area contributed by atoms with E-state index in [0.717, 1.165) is 8.95 Å². The van der Waals surface area contributed by atoms with Crippen molar-refractivity contribution in [3.05, 3.63) is 21.2 Å². The predicted octanol–water partition coefficient (Wildman–Crippen LogP) is 1.73. The summed E-state index contributed by atoms with van der Waals surface area (Å²) in [5.74, 6) is 0.717. The summed E-state index contributed by atoms with van der Waals surface area (Å²) in [5.41, 5.74) is 5.68. The number of aromatic nitrogens is 1. The maximum absolute atomic E-state index is 9.21. The van der Waals surface area contributed by atoms with Crippen molar-refractivity contribution in [3.63, 3.8) is 0 Å². The average molecular weight is 339 g/mol. The number of aliphatic hydroxyl groups is 1. The van der Waals surface area contributed by atoms with Crippen molar-refractivity contribution in [3.8, 4) is 0 Å². The molecule has 0 aromatic carbocycles. The number of halogens is 2. The lowest BCUT2D eigenvalue weighted by molar-refractivity contribution is 0.168. The molecule has 15 heavy (non-hydrogen) atoms. The van der Waals surface area contributed by atoms with Crippen LogP contribution in [0.15, 0.2) is 21.2 Å². The Morgan fingerprint density at radius 3 is 2.80 bits per heavy atom. The highest BCUT2D eigenvalue weighted by Gasteiger charge is 2.10. The van der Waals surface area contributed by atoms with Crippen LogP contribution in [0.3, 0.4) is 0 Å². The van der Waals surface area contributed by atoms with Gasteiger partial charge >= 0.3 is 0 Å². The zero-order chi connectivity index (χ0) is 11.4. The molecule has 0 amide bonds. The number of hydrogen-bond donors (Lipinski definition) is 3. The third-order valence-corrected chi connectivity index (χ3v) is 2.97. The molecule has 0 saturated heterocycles. The Morgan fingerprint density at radius 1 is 1.60 bits per heavy atom. The third kappa shape index (κ3) is 4.06. The standard InChI is InChI=1S/C9H13Br2N3O/c1-5(15)8(12)4-14-9-7(11)2-6(10)3-13-9/h2-3,5,8,15H,4,12H2,1H3,(H,13,14). The third-order valence-electron chi connectivity index (χ3n) is 1.93. The van der Waals surface area contributed by atoms with Crippen molar-refractivity contribution < 1.29 is 5.11 Å². The fourth-order valence-corrected chi connectivity index (χ4v) is 2.06. The first-order chi connectivity index (χ1) is 7.00. The number of aliphatic hydroxyl groups excluding tert-OH is 1. The largest absolute Gasteiger partial charge is 0.392 e. The van der Waals surface area contributed by atoms with Crippen LogP contribution in [0.2, 0.25) is 0 Å². The Morgan fingerprint density at radius 2 is 2.27 bits per heavy atom. The van der Waals surface area contributed by atoms with Gasteiger partial charge in [-0.1, -0.05) is 0 Å². The topological polar surface area (TPSA) is 71.2 Å². The minimum Gasteiger partial charge on any atom is -0.392 e. The quantitative estimate of drug-likeness (QED) is 0.781. The van der Waals surface area contributed by atoms with Crippen LogP contribution in [0.25, 0.3) is 0 Å². The maximum Gasteiger partial charge on any atom is 0.140 e. The second kappa shape index (κ2) is 5.79. The highest BCUT2D eigenvalue weighted by atomic mass is 79.9. The van der Waals surface area contributed by atoms with Crippen LogP contribution in [0, 0.1) is 0 Å². The molecule has 2 atom stereocenters. The van der Waals surface area contributed by atoms with Crippen LogP contribution in [-0.4, -0.2) is 28.8 Å². The first kappa shape index (κ1) is 12.9. The maximum atomic E-state index is 9.21. The molecular weight excluding hydrogens is 326 g/mol. The molecule has 84 valence electrons. The number of hydrogen-bond acceptors (Lipinski definition) is 4. The molecule has 0 aliphatic carbocycles. The first-order valence-electron chi connectivity index (χ1n) is 4.49. The van der Waals surface area contributed by atoms with Crippen LogP contribution in [-0.2, 0) is 0 Å². The molecule has 1 rings (SSSR count). The summed E-state index contributed by atoms with van der Waals surface area (Å²) in [6.45, 7) is 2.14. The number of nitrogens with zero attached hydrogens (tertiary/aromatic N) is 1. The van der Waals surface area contributed by atoms with E-state index in [4.69, 9.17) is 5.73 Å². The average Bonchev–Trinajstić information content (AvgIpc) is 2.15. The lowest BCUT2D eigenvalue weighted by Crippen LogP contribution is -2.38. The smallest absolute Gasteiger partial charge is 0.140 e. The van der Waals surface area contributed by atoms with E-state index in [-0.39, 0.29) is 6.04 Å². The van der Waals surface area contributed by atoms with Gasteiger partial charge < -0.3 is 16.2 Å². The zero-order valence-electron chi connectivity index (χ0n) is 8.24. The molecule has 1 aromatic heterocycles. The second-order valence-electron chi connectivity index (χ2n) is 3.27.